The Balaban J connectivity index is 1.32. The summed E-state index contributed by atoms with van der Waals surface area (Å²) in [6.45, 7) is 6.86. The van der Waals surface area contributed by atoms with Crippen LogP contribution in [0, 0.1) is 0 Å². The van der Waals surface area contributed by atoms with Crippen molar-refractivity contribution in [2.45, 2.75) is 51.7 Å². The number of amides is 2. The van der Waals surface area contributed by atoms with Crippen LogP contribution >= 0.6 is 11.3 Å². The summed E-state index contributed by atoms with van der Waals surface area (Å²) in [7, 11) is 0. The highest BCUT2D eigenvalue weighted by atomic mass is 32.1. The predicted molar refractivity (Wildman–Crippen MR) is 130 cm³/mol. The molecule has 1 saturated heterocycles. The molecule has 2 N–H and O–H groups in total. The van der Waals surface area contributed by atoms with E-state index in [1.165, 1.54) is 17.8 Å². The summed E-state index contributed by atoms with van der Waals surface area (Å²) in [5.74, 6) is -0.599. The zero-order valence-electron chi connectivity index (χ0n) is 19.3. The predicted octanol–water partition coefficient (Wildman–Crippen LogP) is 4.98. The van der Waals surface area contributed by atoms with Gasteiger partial charge in [0.2, 0.25) is 5.91 Å². The highest BCUT2D eigenvalue weighted by molar-refractivity contribution is 7.14. The lowest BCUT2D eigenvalue weighted by Gasteiger charge is -2.23. The van der Waals surface area contributed by atoms with Gasteiger partial charge in [-0.1, -0.05) is 18.2 Å². The summed E-state index contributed by atoms with van der Waals surface area (Å²) in [4.78, 5) is 29.3. The van der Waals surface area contributed by atoms with E-state index in [9.17, 15) is 9.59 Å². The standard InChI is InChI=1S/C25H30N4O3S/c1-25(2,3)29-11-10-19(15-29)23(31)26-14-22(30)28-24-27-20(16-33-24)17-7-6-8-18(13-17)21-9-4-5-12-32-21/h6-8,10-11,13,15-16,21H,4-5,9,12,14H2,1-3H3,(H,26,31)(H,27,28,30). The minimum absolute atomic E-state index is 0.110. The van der Waals surface area contributed by atoms with Crippen LogP contribution in [-0.4, -0.2) is 34.5 Å². The maximum atomic E-state index is 12.4. The van der Waals surface area contributed by atoms with Crippen molar-refractivity contribution in [2.24, 2.45) is 0 Å². The molecule has 1 atom stereocenters. The number of nitrogens with zero attached hydrogens (tertiary/aromatic N) is 2. The molecule has 2 amide bonds. The first-order chi connectivity index (χ1) is 15.8. The monoisotopic (exact) mass is 466 g/mol. The van der Waals surface area contributed by atoms with Crippen molar-refractivity contribution in [3.8, 4) is 11.3 Å². The molecule has 1 aromatic carbocycles. The number of thiazole rings is 1. The number of aromatic nitrogens is 2. The van der Waals surface area contributed by atoms with Crippen molar-refractivity contribution < 1.29 is 14.3 Å². The summed E-state index contributed by atoms with van der Waals surface area (Å²) >= 11 is 1.36. The molecule has 1 aliphatic heterocycles. The second-order valence-corrected chi connectivity index (χ2v) is 10.1. The van der Waals surface area contributed by atoms with Gasteiger partial charge in [0.1, 0.15) is 0 Å². The molecule has 8 heteroatoms. The van der Waals surface area contributed by atoms with Gasteiger partial charge in [-0.2, -0.15) is 0 Å². The topological polar surface area (TPSA) is 85.3 Å². The number of rotatable bonds is 6. The molecule has 174 valence electrons. The van der Waals surface area contributed by atoms with Crippen molar-refractivity contribution in [1.82, 2.24) is 14.9 Å². The molecule has 0 aliphatic carbocycles. The van der Waals surface area contributed by atoms with Gasteiger partial charge in [0.15, 0.2) is 5.13 Å². The zero-order valence-corrected chi connectivity index (χ0v) is 20.1. The Morgan fingerprint density at radius 3 is 2.82 bits per heavy atom. The minimum Gasteiger partial charge on any atom is -0.374 e. The van der Waals surface area contributed by atoms with Gasteiger partial charge in [0, 0.05) is 35.5 Å². The van der Waals surface area contributed by atoms with E-state index in [-0.39, 0.29) is 30.0 Å². The van der Waals surface area contributed by atoms with Crippen LogP contribution in [0.1, 0.15) is 62.1 Å². The number of carbonyl (C=O) groups excluding carboxylic acids is 2. The molecule has 0 radical (unpaired) electrons. The van der Waals surface area contributed by atoms with Gasteiger partial charge in [-0.05, 0) is 57.7 Å². The normalized spacial score (nSPS) is 16.4. The van der Waals surface area contributed by atoms with Crippen LogP contribution in [0.4, 0.5) is 5.13 Å². The largest absolute Gasteiger partial charge is 0.374 e. The first-order valence-corrected chi connectivity index (χ1v) is 12.1. The van der Waals surface area contributed by atoms with Crippen molar-refractivity contribution >= 4 is 28.3 Å². The molecule has 2 aromatic heterocycles. The lowest BCUT2D eigenvalue weighted by atomic mass is 9.99. The Morgan fingerprint density at radius 2 is 2.09 bits per heavy atom. The van der Waals surface area contributed by atoms with Crippen molar-refractivity contribution in [2.75, 3.05) is 18.5 Å². The maximum absolute atomic E-state index is 12.4. The molecule has 1 unspecified atom stereocenters. The molecule has 0 bridgehead atoms. The van der Waals surface area contributed by atoms with Crippen LogP contribution in [0.2, 0.25) is 0 Å². The molecular weight excluding hydrogens is 436 g/mol. The first-order valence-electron chi connectivity index (χ1n) is 11.2. The van der Waals surface area contributed by atoms with Crippen LogP contribution in [0.25, 0.3) is 11.3 Å². The van der Waals surface area contributed by atoms with E-state index in [0.717, 1.165) is 36.3 Å². The molecule has 33 heavy (non-hydrogen) atoms. The van der Waals surface area contributed by atoms with Gasteiger partial charge in [-0.15, -0.1) is 11.3 Å². The maximum Gasteiger partial charge on any atom is 0.253 e. The minimum atomic E-state index is -0.316. The van der Waals surface area contributed by atoms with E-state index >= 15 is 0 Å². The van der Waals surface area contributed by atoms with Crippen molar-refractivity contribution in [3.05, 3.63) is 59.2 Å². The number of hydrogen-bond acceptors (Lipinski definition) is 5. The summed E-state index contributed by atoms with van der Waals surface area (Å²) in [5.41, 5.74) is 3.38. The second-order valence-electron chi connectivity index (χ2n) is 9.23. The highest BCUT2D eigenvalue weighted by Crippen LogP contribution is 2.31. The fourth-order valence-corrected chi connectivity index (χ4v) is 4.48. The van der Waals surface area contributed by atoms with E-state index in [2.05, 4.69) is 48.5 Å². The van der Waals surface area contributed by atoms with Gasteiger partial charge in [-0.3, -0.25) is 9.59 Å². The second kappa shape index (κ2) is 9.89. The van der Waals surface area contributed by atoms with Crippen LogP contribution in [0.5, 0.6) is 0 Å². The average molecular weight is 467 g/mol. The van der Waals surface area contributed by atoms with Gasteiger partial charge in [-0.25, -0.2) is 4.98 Å². The Labute approximate surface area is 198 Å². The van der Waals surface area contributed by atoms with E-state index in [4.69, 9.17) is 4.74 Å². The van der Waals surface area contributed by atoms with E-state index in [0.29, 0.717) is 10.7 Å². The molecule has 0 saturated carbocycles. The number of ether oxygens (including phenoxy) is 1. The van der Waals surface area contributed by atoms with Crippen molar-refractivity contribution in [3.63, 3.8) is 0 Å². The molecule has 7 nitrogen and oxygen atoms in total. The van der Waals surface area contributed by atoms with E-state index < -0.39 is 0 Å². The molecule has 4 rings (SSSR count). The number of nitrogens with one attached hydrogen (secondary N) is 2. The van der Waals surface area contributed by atoms with Gasteiger partial charge in [0.05, 0.1) is 23.9 Å². The third kappa shape index (κ3) is 5.89. The smallest absolute Gasteiger partial charge is 0.253 e. The average Bonchev–Trinajstić information content (AvgIpc) is 3.48. The third-order valence-corrected chi connectivity index (χ3v) is 6.38. The quantitative estimate of drug-likeness (QED) is 0.537. The molecular formula is C25H30N4O3S. The van der Waals surface area contributed by atoms with E-state index in [1.54, 1.807) is 12.3 Å². The number of carbonyl (C=O) groups is 2. The number of anilines is 1. The number of benzene rings is 1. The lowest BCUT2D eigenvalue weighted by Crippen LogP contribution is -2.32. The van der Waals surface area contributed by atoms with Gasteiger partial charge < -0.3 is 19.9 Å². The summed E-state index contributed by atoms with van der Waals surface area (Å²) in [6.07, 6.45) is 7.12. The number of hydrogen-bond donors (Lipinski definition) is 2. The Hall–Kier alpha value is -2.97. The van der Waals surface area contributed by atoms with Gasteiger partial charge >= 0.3 is 0 Å². The van der Waals surface area contributed by atoms with Crippen LogP contribution in [0.3, 0.4) is 0 Å². The van der Waals surface area contributed by atoms with Crippen LogP contribution in [0.15, 0.2) is 48.1 Å². The molecule has 1 aliphatic rings. The zero-order chi connectivity index (χ0) is 23.4. The molecule has 0 spiro atoms. The molecule has 3 aromatic rings. The summed E-state index contributed by atoms with van der Waals surface area (Å²) in [5, 5.41) is 7.86. The Bertz CT molecular complexity index is 1120. The molecule has 3 heterocycles. The Kier molecular flexibility index (Phi) is 6.95. The first kappa shape index (κ1) is 23.2. The van der Waals surface area contributed by atoms with Gasteiger partial charge in [0.25, 0.3) is 5.91 Å². The summed E-state index contributed by atoms with van der Waals surface area (Å²) < 4.78 is 7.86. The van der Waals surface area contributed by atoms with Crippen molar-refractivity contribution in [1.29, 1.82) is 0 Å². The third-order valence-electron chi connectivity index (χ3n) is 5.62. The Morgan fingerprint density at radius 1 is 1.24 bits per heavy atom. The van der Waals surface area contributed by atoms with Crippen LogP contribution < -0.4 is 10.6 Å². The van der Waals surface area contributed by atoms with Crippen LogP contribution in [-0.2, 0) is 15.1 Å². The fraction of sp³-hybridized carbons (Fsp3) is 0.400. The summed E-state index contributed by atoms with van der Waals surface area (Å²) in [6, 6.07) is 9.98. The highest BCUT2D eigenvalue weighted by Gasteiger charge is 2.18. The van der Waals surface area contributed by atoms with E-state index in [1.807, 2.05) is 28.3 Å². The SMILES string of the molecule is CC(C)(C)n1ccc(C(=O)NCC(=O)Nc2nc(-c3cccc(C4CCCCO4)c3)cs2)c1. The fourth-order valence-electron chi connectivity index (χ4n) is 3.74. The lowest BCUT2D eigenvalue weighted by molar-refractivity contribution is -0.115. The molecule has 1 fully saturated rings.